The molecule has 0 fully saturated rings. The van der Waals surface area contributed by atoms with Crippen LogP contribution in [0.25, 0.3) is 39.5 Å². The third-order valence-corrected chi connectivity index (χ3v) is 17.0. The van der Waals surface area contributed by atoms with Crippen LogP contribution in [0.2, 0.25) is 0 Å². The van der Waals surface area contributed by atoms with Gasteiger partial charge in [-0.15, -0.1) is 0 Å². The number of phenols is 4. The molecule has 6 aromatic rings. The molecule has 0 saturated carbocycles. The van der Waals surface area contributed by atoms with E-state index in [2.05, 4.69) is 276 Å². The number of allylic oxidation sites excluding steroid dienone is 1. The minimum absolute atomic E-state index is 0.0768. The molecule has 1 unspecified atom stereocenters. The van der Waals surface area contributed by atoms with Gasteiger partial charge in [-0.05, 0) is 89.8 Å². The third kappa shape index (κ3) is 14.5. The zero-order chi connectivity index (χ0) is 59.4. The molecule has 6 aromatic carbocycles. The second-order valence-corrected chi connectivity index (χ2v) is 31.8. The van der Waals surface area contributed by atoms with Crippen molar-refractivity contribution in [2.45, 2.75) is 226 Å². The first-order valence-corrected chi connectivity index (χ1v) is 29.8. The molecule has 5 heteroatoms. The normalized spacial score (nSPS) is 14.5. The molecule has 1 atom stereocenters. The summed E-state index contributed by atoms with van der Waals surface area (Å²) in [6, 6.07) is 34.1. The first kappa shape index (κ1) is 64.0. The van der Waals surface area contributed by atoms with Crippen molar-refractivity contribution in [3.8, 4) is 56.4 Å². The summed E-state index contributed by atoms with van der Waals surface area (Å²) in [7, 11) is 0. The van der Waals surface area contributed by atoms with E-state index in [4.69, 9.17) is 0 Å². The second-order valence-electron chi connectivity index (χ2n) is 30.4. The van der Waals surface area contributed by atoms with Crippen LogP contribution in [0.1, 0.15) is 239 Å². The Morgan fingerprint density at radius 2 is 0.628 bits per heavy atom. The number of benzene rings is 6. The molecule has 78 heavy (non-hydrogen) atoms. The molecular formula is C73H99O4Zr. The van der Waals surface area contributed by atoms with Crippen molar-refractivity contribution < 1.29 is 45.1 Å². The van der Waals surface area contributed by atoms with E-state index in [-0.39, 0.29) is 66.3 Å². The van der Waals surface area contributed by atoms with Crippen molar-refractivity contribution in [3.63, 3.8) is 0 Å². The molecule has 4 N–H and O–H groups in total. The van der Waals surface area contributed by atoms with Gasteiger partial charge in [-0.25, -0.2) is 0 Å². The molecule has 7 rings (SSSR count). The maximum absolute atomic E-state index is 11.4. The summed E-state index contributed by atoms with van der Waals surface area (Å²) in [6.07, 6.45) is 3.58. The van der Waals surface area contributed by atoms with Crippen molar-refractivity contribution in [3.05, 3.63) is 158 Å². The van der Waals surface area contributed by atoms with E-state index in [9.17, 15) is 20.4 Å². The van der Waals surface area contributed by atoms with E-state index < -0.39 is 0 Å². The van der Waals surface area contributed by atoms with Gasteiger partial charge in [-0.2, -0.15) is 0 Å². The number of aromatic hydroxyl groups is 4. The molecule has 4 nitrogen and oxygen atoms in total. The first-order valence-electron chi connectivity index (χ1n) is 28.4. The molecule has 419 valence electrons. The van der Waals surface area contributed by atoms with Gasteiger partial charge in [-0.1, -0.05) is 190 Å². The Bertz CT molecular complexity index is 2830. The monoisotopic (exact) mass is 1130 g/mol. The fourth-order valence-electron chi connectivity index (χ4n) is 10.0. The number of hydrogen-bond acceptors (Lipinski definition) is 4. The van der Waals surface area contributed by atoms with Crippen molar-refractivity contribution in [2.24, 2.45) is 0 Å². The average Bonchev–Trinajstić information content (AvgIpc) is 3.62. The summed E-state index contributed by atoms with van der Waals surface area (Å²) in [5.74, 6) is 1.04. The van der Waals surface area contributed by atoms with Crippen LogP contribution in [0.15, 0.2) is 103 Å². The van der Waals surface area contributed by atoms with E-state index in [0.29, 0.717) is 25.9 Å². The second kappa shape index (κ2) is 22.6. The molecule has 0 amide bonds. The summed E-state index contributed by atoms with van der Waals surface area (Å²) in [6.45, 7) is 53.8. The fraction of sp³-hybridized carbons (Fsp3) is 0.479. The van der Waals surface area contributed by atoms with Crippen LogP contribution in [0, 0.1) is 0 Å². The zero-order valence-electron chi connectivity index (χ0n) is 52.9. The number of fused-ring (bicyclic) bond motifs is 1. The van der Waals surface area contributed by atoms with Crippen molar-refractivity contribution in [1.29, 1.82) is 0 Å². The van der Waals surface area contributed by atoms with Gasteiger partial charge >= 0.3 is 124 Å². The predicted molar refractivity (Wildman–Crippen MR) is 333 cm³/mol. The van der Waals surface area contributed by atoms with Gasteiger partial charge in [0, 0.05) is 44.5 Å². The fourth-order valence-corrected chi connectivity index (χ4v) is 11.3. The molecule has 0 aromatic heterocycles. The Hall–Kier alpha value is -4.86. The Labute approximate surface area is 489 Å². The Kier molecular flexibility index (Phi) is 18.5. The summed E-state index contributed by atoms with van der Waals surface area (Å²) in [5, 5.41) is 45.5. The van der Waals surface area contributed by atoms with Crippen LogP contribution in [-0.4, -0.2) is 20.4 Å². The van der Waals surface area contributed by atoms with Crippen LogP contribution in [0.3, 0.4) is 0 Å². The maximum atomic E-state index is 11.4. The van der Waals surface area contributed by atoms with Gasteiger partial charge in [-0.3, -0.25) is 0 Å². The van der Waals surface area contributed by atoms with Gasteiger partial charge in [0.15, 0.2) is 0 Å². The van der Waals surface area contributed by atoms with E-state index in [1.54, 1.807) is 30.3 Å². The molecule has 0 aliphatic heterocycles. The van der Waals surface area contributed by atoms with E-state index >= 15 is 0 Å². The molecule has 0 bridgehead atoms. The first-order chi connectivity index (χ1) is 35.3. The van der Waals surface area contributed by atoms with Crippen LogP contribution in [-0.2, 0) is 68.0 Å². The summed E-state index contributed by atoms with van der Waals surface area (Å²) in [4.78, 5) is 0. The van der Waals surface area contributed by atoms with Crippen molar-refractivity contribution in [2.75, 3.05) is 0 Å². The van der Waals surface area contributed by atoms with E-state index in [1.165, 1.54) is 28.7 Å². The van der Waals surface area contributed by atoms with E-state index in [1.807, 2.05) is 0 Å². The topological polar surface area (TPSA) is 80.9 Å². The molecule has 1 aliphatic rings. The minimum atomic E-state index is -0.218. The molecule has 1 aliphatic carbocycles. The average molecular weight is 1130 g/mol. The van der Waals surface area contributed by atoms with E-state index in [0.717, 1.165) is 44.5 Å². The van der Waals surface area contributed by atoms with Crippen LogP contribution in [0.4, 0.5) is 0 Å². The number of rotatable bonds is 4. The third-order valence-electron chi connectivity index (χ3n) is 15.4. The van der Waals surface area contributed by atoms with Crippen LogP contribution in [0.5, 0.6) is 23.0 Å². The summed E-state index contributed by atoms with van der Waals surface area (Å²) < 4.78 is 0.667. The Morgan fingerprint density at radius 3 is 0.872 bits per heavy atom. The Morgan fingerprint density at radius 1 is 0.346 bits per heavy atom. The predicted octanol–water partition coefficient (Wildman–Crippen LogP) is 20.7. The SMILES string of the molecule is CC(C)(C)c1cc(-c2cc(C(C)(C)C)cc(C(C)(C)C)c2O)c(O)c(C(C)(C)C)c1.CC(C)(C)c1cc(-c2cc(C(C)(C)C)cc(C(C)(C)C)c2O)c(O)c(C(C)(C)C)c1.CCC1=Cc2c(-c3ccccc3)cccc2[CH]1[Zr]. The van der Waals surface area contributed by atoms with Crippen molar-refractivity contribution in [1.82, 2.24) is 0 Å². The molecule has 0 radical (unpaired) electrons. The number of phenolic OH excluding ortho intramolecular Hbond substituents is 4. The van der Waals surface area contributed by atoms with Crippen LogP contribution < -0.4 is 0 Å². The summed E-state index contributed by atoms with van der Waals surface area (Å²) in [5.41, 5.74) is 17.1. The van der Waals surface area contributed by atoms with Gasteiger partial charge in [0.25, 0.3) is 0 Å². The van der Waals surface area contributed by atoms with Gasteiger partial charge < -0.3 is 20.4 Å². The van der Waals surface area contributed by atoms with Gasteiger partial charge in [0.2, 0.25) is 0 Å². The molecule has 0 heterocycles. The van der Waals surface area contributed by atoms with Crippen LogP contribution >= 0.6 is 0 Å². The quantitative estimate of drug-likeness (QED) is 0.142. The van der Waals surface area contributed by atoms with Crippen molar-refractivity contribution >= 4 is 6.08 Å². The molecule has 0 spiro atoms. The molecule has 0 saturated heterocycles. The summed E-state index contributed by atoms with van der Waals surface area (Å²) >= 11 is 1.60. The standard InChI is InChI=1S/2C28H42O2.C17H15.Zr/c2*1-25(2,3)17-13-19(23(29)21(15-17)27(7,8)9)20-14-18(26(4,5)6)16-22(24(20)30)28(10,11)12;1-2-13-11-15-9-6-10-16(17(15)12-13)14-7-4-3-5-8-14;/h2*13-16,29-30H,1-12H3;3-12H,2H2,1H3;. The zero-order valence-corrected chi connectivity index (χ0v) is 55.3. The Balaban J connectivity index is 0.000000222. The molecular weight excluding hydrogens is 1030 g/mol. The van der Waals surface area contributed by atoms with Gasteiger partial charge in [0.05, 0.1) is 0 Å². The number of hydrogen-bond donors (Lipinski definition) is 4. The van der Waals surface area contributed by atoms with Gasteiger partial charge in [0.1, 0.15) is 23.0 Å².